The van der Waals surface area contributed by atoms with Gasteiger partial charge in [0.1, 0.15) is 4.90 Å². The lowest BCUT2D eigenvalue weighted by molar-refractivity contribution is 0.486. The van der Waals surface area contributed by atoms with Crippen LogP contribution >= 0.6 is 0 Å². The maximum absolute atomic E-state index is 12.8. The lowest BCUT2D eigenvalue weighted by Crippen LogP contribution is -2.11. The molecule has 0 heterocycles. The van der Waals surface area contributed by atoms with E-state index in [9.17, 15) is 8.42 Å². The highest BCUT2D eigenvalue weighted by Crippen LogP contribution is 2.29. The second kappa shape index (κ2) is 8.51. The molecule has 150 valence electrons. The summed E-state index contributed by atoms with van der Waals surface area (Å²) < 4.78 is 31.2. The van der Waals surface area contributed by atoms with Gasteiger partial charge in [-0.3, -0.25) is 4.99 Å². The van der Waals surface area contributed by atoms with Gasteiger partial charge >= 0.3 is 10.1 Å². The van der Waals surface area contributed by atoms with Gasteiger partial charge in [0.25, 0.3) is 0 Å². The van der Waals surface area contributed by atoms with E-state index in [-0.39, 0.29) is 10.6 Å². The summed E-state index contributed by atoms with van der Waals surface area (Å²) in [6.45, 7) is 2.40. The Kier molecular flexibility index (Phi) is 5.63. The van der Waals surface area contributed by atoms with E-state index in [0.29, 0.717) is 12.1 Å². The fraction of sp³-hybridized carbons (Fsp3) is 0.0800. The van der Waals surface area contributed by atoms with Crippen LogP contribution in [0.5, 0.6) is 5.75 Å². The van der Waals surface area contributed by atoms with E-state index < -0.39 is 10.1 Å². The first-order chi connectivity index (χ1) is 14.5. The summed E-state index contributed by atoms with van der Waals surface area (Å²) in [5, 5.41) is 1.87. The first-order valence-electron chi connectivity index (χ1n) is 9.59. The van der Waals surface area contributed by atoms with Crippen molar-refractivity contribution >= 4 is 27.1 Å². The largest absolute Gasteiger partial charge is 0.378 e. The van der Waals surface area contributed by atoms with Gasteiger partial charge in [0.2, 0.25) is 0 Å². The quantitative estimate of drug-likeness (QED) is 0.307. The van der Waals surface area contributed by atoms with Crippen LogP contribution in [-0.2, 0) is 16.7 Å². The van der Waals surface area contributed by atoms with Crippen molar-refractivity contribution in [3.05, 3.63) is 108 Å². The van der Waals surface area contributed by atoms with Crippen LogP contribution < -0.4 is 4.18 Å². The van der Waals surface area contributed by atoms with Gasteiger partial charge in [0, 0.05) is 11.8 Å². The Balaban J connectivity index is 1.72. The van der Waals surface area contributed by atoms with Crippen molar-refractivity contribution in [3.8, 4) is 5.75 Å². The minimum atomic E-state index is -3.96. The average molecular weight is 416 g/mol. The summed E-state index contributed by atoms with van der Waals surface area (Å²) in [7, 11) is -3.96. The number of fused-ring (bicyclic) bond motifs is 1. The second-order valence-electron chi connectivity index (χ2n) is 7.00. The molecular weight excluding hydrogens is 394 g/mol. The highest BCUT2D eigenvalue weighted by molar-refractivity contribution is 7.87. The molecule has 0 saturated carbocycles. The van der Waals surface area contributed by atoms with Crippen LogP contribution in [0.2, 0.25) is 0 Å². The number of hydrogen-bond acceptors (Lipinski definition) is 4. The Bertz CT molecular complexity index is 1300. The van der Waals surface area contributed by atoms with E-state index in [1.165, 1.54) is 0 Å². The lowest BCUT2D eigenvalue weighted by atomic mass is 10.0. The van der Waals surface area contributed by atoms with Crippen LogP contribution in [0.15, 0.2) is 101 Å². The molecule has 0 aliphatic rings. The van der Waals surface area contributed by atoms with Gasteiger partial charge in [0.15, 0.2) is 5.75 Å². The summed E-state index contributed by atoms with van der Waals surface area (Å²) in [5.74, 6) is 0.256. The van der Waals surface area contributed by atoms with E-state index in [1.54, 1.807) is 36.5 Å². The van der Waals surface area contributed by atoms with Crippen molar-refractivity contribution in [2.45, 2.75) is 18.4 Å². The van der Waals surface area contributed by atoms with E-state index in [0.717, 1.165) is 21.9 Å². The normalized spacial score (nSPS) is 11.8. The molecule has 0 spiro atoms. The molecule has 4 nitrogen and oxygen atoms in total. The molecule has 0 radical (unpaired) electrons. The third-order valence-corrected chi connectivity index (χ3v) is 6.03. The number of benzene rings is 4. The van der Waals surface area contributed by atoms with Crippen molar-refractivity contribution in [1.29, 1.82) is 0 Å². The van der Waals surface area contributed by atoms with E-state index in [1.807, 2.05) is 67.6 Å². The Labute approximate surface area is 176 Å². The monoisotopic (exact) mass is 415 g/mol. The van der Waals surface area contributed by atoms with Crippen molar-refractivity contribution in [1.82, 2.24) is 0 Å². The SMILES string of the molecule is Cc1ccc(S(=O)(=O)Oc2ccc3ccccc3c2C=NCc2ccccc2)cc1. The Morgan fingerprint density at radius 2 is 1.53 bits per heavy atom. The third-order valence-electron chi connectivity index (χ3n) is 4.78. The maximum Gasteiger partial charge on any atom is 0.339 e. The minimum absolute atomic E-state index is 0.119. The molecule has 0 N–H and O–H groups in total. The third kappa shape index (κ3) is 4.42. The highest BCUT2D eigenvalue weighted by atomic mass is 32.2. The smallest absolute Gasteiger partial charge is 0.339 e. The van der Waals surface area contributed by atoms with E-state index >= 15 is 0 Å². The Morgan fingerprint density at radius 3 is 2.30 bits per heavy atom. The molecule has 0 unspecified atom stereocenters. The number of aryl methyl sites for hydroxylation is 1. The van der Waals surface area contributed by atoms with Crippen LogP contribution in [0.1, 0.15) is 16.7 Å². The van der Waals surface area contributed by atoms with E-state index in [4.69, 9.17) is 4.18 Å². The summed E-state index contributed by atoms with van der Waals surface area (Å²) in [5.41, 5.74) is 2.69. The molecule has 5 heteroatoms. The highest BCUT2D eigenvalue weighted by Gasteiger charge is 2.19. The molecular formula is C25H21NO3S. The standard InChI is InChI=1S/C25H21NO3S/c1-19-11-14-22(15-12-19)30(27,28)29-25-16-13-21-9-5-6-10-23(21)24(25)18-26-17-20-7-3-2-4-8-20/h2-16,18H,17H2,1H3. The van der Waals surface area contributed by atoms with Crippen LogP contribution in [-0.4, -0.2) is 14.6 Å². The molecule has 0 aliphatic carbocycles. The van der Waals surface area contributed by atoms with Gasteiger partial charge in [-0.1, -0.05) is 78.4 Å². The Morgan fingerprint density at radius 1 is 0.833 bits per heavy atom. The van der Waals surface area contributed by atoms with Gasteiger partial charge in [-0.2, -0.15) is 8.42 Å². The van der Waals surface area contributed by atoms with Crippen molar-refractivity contribution in [2.24, 2.45) is 4.99 Å². The van der Waals surface area contributed by atoms with Crippen molar-refractivity contribution in [2.75, 3.05) is 0 Å². The number of nitrogens with zero attached hydrogens (tertiary/aromatic N) is 1. The zero-order chi connectivity index (χ0) is 21.0. The summed E-state index contributed by atoms with van der Waals surface area (Å²) >= 11 is 0. The number of hydrogen-bond donors (Lipinski definition) is 0. The number of rotatable bonds is 6. The molecule has 0 atom stereocenters. The molecule has 0 fully saturated rings. The van der Waals surface area contributed by atoms with Crippen LogP contribution in [0, 0.1) is 6.92 Å². The summed E-state index contributed by atoms with van der Waals surface area (Å²) in [4.78, 5) is 4.66. The molecule has 4 rings (SSSR count). The first-order valence-corrected chi connectivity index (χ1v) is 11.0. The van der Waals surface area contributed by atoms with Gasteiger partial charge in [-0.05, 0) is 41.5 Å². The molecule has 4 aromatic rings. The maximum atomic E-state index is 12.8. The van der Waals surface area contributed by atoms with Gasteiger partial charge < -0.3 is 4.18 Å². The van der Waals surface area contributed by atoms with Crippen molar-refractivity contribution < 1.29 is 12.6 Å². The molecule has 0 aromatic heterocycles. The second-order valence-corrected chi connectivity index (χ2v) is 8.55. The molecule has 0 amide bonds. The molecule has 30 heavy (non-hydrogen) atoms. The van der Waals surface area contributed by atoms with Gasteiger partial charge in [-0.15, -0.1) is 0 Å². The van der Waals surface area contributed by atoms with Crippen LogP contribution in [0.4, 0.5) is 0 Å². The fourth-order valence-electron chi connectivity index (χ4n) is 3.18. The first kappa shape index (κ1) is 19.9. The number of aliphatic imine (C=N–C) groups is 1. The lowest BCUT2D eigenvalue weighted by Gasteiger charge is -2.12. The topological polar surface area (TPSA) is 55.7 Å². The zero-order valence-electron chi connectivity index (χ0n) is 16.5. The molecule has 0 aliphatic heterocycles. The molecule has 0 saturated heterocycles. The average Bonchev–Trinajstić information content (AvgIpc) is 2.76. The minimum Gasteiger partial charge on any atom is -0.378 e. The Hall–Kier alpha value is -3.44. The molecule has 4 aromatic carbocycles. The molecule has 0 bridgehead atoms. The summed E-state index contributed by atoms with van der Waals surface area (Å²) in [6.07, 6.45) is 1.69. The van der Waals surface area contributed by atoms with Gasteiger partial charge in [-0.25, -0.2) is 0 Å². The van der Waals surface area contributed by atoms with Crippen LogP contribution in [0.25, 0.3) is 10.8 Å². The fourth-order valence-corrected chi connectivity index (χ4v) is 4.13. The van der Waals surface area contributed by atoms with Crippen molar-refractivity contribution in [3.63, 3.8) is 0 Å². The summed E-state index contributed by atoms with van der Waals surface area (Å²) in [6, 6.07) is 27.8. The van der Waals surface area contributed by atoms with Gasteiger partial charge in [0.05, 0.1) is 6.54 Å². The van der Waals surface area contributed by atoms with Crippen LogP contribution in [0.3, 0.4) is 0 Å². The predicted molar refractivity (Wildman–Crippen MR) is 121 cm³/mol. The predicted octanol–water partition coefficient (Wildman–Crippen LogP) is 5.54. The van der Waals surface area contributed by atoms with E-state index in [2.05, 4.69) is 4.99 Å². The zero-order valence-corrected chi connectivity index (χ0v) is 17.3.